The third-order valence-corrected chi connectivity index (χ3v) is 5.15. The molecule has 1 unspecified atom stereocenters. The summed E-state index contributed by atoms with van der Waals surface area (Å²) < 4.78 is 5.52. The fourth-order valence-corrected chi connectivity index (χ4v) is 3.91. The molecule has 4 heteroatoms. The Balaban J connectivity index is 1.69. The van der Waals surface area contributed by atoms with Gasteiger partial charge in [-0.2, -0.15) is 0 Å². The van der Waals surface area contributed by atoms with Crippen LogP contribution in [0.5, 0.6) is 0 Å². The summed E-state index contributed by atoms with van der Waals surface area (Å²) in [5, 5.41) is 0.856. The Kier molecular flexibility index (Phi) is 3.57. The predicted octanol–water partition coefficient (Wildman–Crippen LogP) is 5.09. The van der Waals surface area contributed by atoms with Crippen molar-refractivity contribution in [2.75, 3.05) is 4.90 Å². The lowest BCUT2D eigenvalue weighted by Gasteiger charge is -2.23. The summed E-state index contributed by atoms with van der Waals surface area (Å²) >= 11 is 0. The van der Waals surface area contributed by atoms with Crippen molar-refractivity contribution in [1.29, 1.82) is 0 Å². The zero-order valence-corrected chi connectivity index (χ0v) is 14.9. The number of hydrogen-bond acceptors (Lipinski definition) is 3. The quantitative estimate of drug-likeness (QED) is 0.504. The number of rotatable bonds is 2. The number of para-hydroxylation sites is 2. The first-order valence-electron chi connectivity index (χ1n) is 9.07. The molecule has 0 N–H and O–H groups in total. The fourth-order valence-electron chi connectivity index (χ4n) is 3.91. The molecule has 0 aliphatic carbocycles. The summed E-state index contributed by atoms with van der Waals surface area (Å²) in [7, 11) is 0. The van der Waals surface area contributed by atoms with Gasteiger partial charge in [0.2, 0.25) is 0 Å². The third kappa shape index (κ3) is 2.53. The molecule has 132 valence electrons. The van der Waals surface area contributed by atoms with E-state index in [4.69, 9.17) is 4.42 Å². The van der Waals surface area contributed by atoms with Gasteiger partial charge in [-0.1, -0.05) is 36.4 Å². The van der Waals surface area contributed by atoms with Gasteiger partial charge in [-0.05, 0) is 49.2 Å². The van der Waals surface area contributed by atoms with E-state index in [1.807, 2.05) is 65.6 Å². The average Bonchev–Trinajstić information content (AvgIpc) is 3.34. The second-order valence-electron chi connectivity index (χ2n) is 6.91. The van der Waals surface area contributed by atoms with Crippen LogP contribution in [0.4, 0.5) is 5.69 Å². The summed E-state index contributed by atoms with van der Waals surface area (Å²) in [5.74, 6) is 0.656. The minimum atomic E-state index is -0.00106. The van der Waals surface area contributed by atoms with E-state index >= 15 is 0 Å². The molecule has 0 fully saturated rings. The second kappa shape index (κ2) is 6.09. The SMILES string of the molecule is CC1Cc2ccccc2N1C(=O)c1cc(-c2ccco2)nc2ccccc12. The minimum Gasteiger partial charge on any atom is -0.463 e. The number of pyridine rings is 1. The molecule has 3 heterocycles. The Hall–Kier alpha value is -3.40. The summed E-state index contributed by atoms with van der Waals surface area (Å²) in [6.45, 7) is 2.09. The summed E-state index contributed by atoms with van der Waals surface area (Å²) in [4.78, 5) is 20.2. The number of fused-ring (bicyclic) bond motifs is 2. The van der Waals surface area contributed by atoms with Crippen molar-refractivity contribution in [2.45, 2.75) is 19.4 Å². The molecule has 27 heavy (non-hydrogen) atoms. The van der Waals surface area contributed by atoms with Gasteiger partial charge in [-0.15, -0.1) is 0 Å². The van der Waals surface area contributed by atoms with Crippen molar-refractivity contribution in [1.82, 2.24) is 4.98 Å². The zero-order chi connectivity index (χ0) is 18.4. The van der Waals surface area contributed by atoms with E-state index in [1.165, 1.54) is 5.56 Å². The molecule has 0 radical (unpaired) electrons. The fraction of sp³-hybridized carbons (Fsp3) is 0.130. The van der Waals surface area contributed by atoms with Gasteiger partial charge >= 0.3 is 0 Å². The normalized spacial score (nSPS) is 15.9. The molecular formula is C23H18N2O2. The molecule has 0 bridgehead atoms. The average molecular weight is 354 g/mol. The topological polar surface area (TPSA) is 46.3 Å². The highest BCUT2D eigenvalue weighted by molar-refractivity contribution is 6.15. The molecule has 1 atom stereocenters. The number of benzene rings is 2. The van der Waals surface area contributed by atoms with E-state index in [2.05, 4.69) is 18.0 Å². The van der Waals surface area contributed by atoms with Gasteiger partial charge in [0.1, 0.15) is 5.69 Å². The Morgan fingerprint density at radius 1 is 1.07 bits per heavy atom. The molecule has 5 rings (SSSR count). The number of amides is 1. The van der Waals surface area contributed by atoms with E-state index in [0.29, 0.717) is 17.0 Å². The van der Waals surface area contributed by atoms with Gasteiger partial charge in [-0.25, -0.2) is 4.98 Å². The lowest BCUT2D eigenvalue weighted by Crippen LogP contribution is -2.35. The van der Waals surface area contributed by atoms with Gasteiger partial charge in [0.05, 0.1) is 17.3 Å². The molecule has 2 aromatic carbocycles. The Morgan fingerprint density at radius 3 is 2.74 bits per heavy atom. The van der Waals surface area contributed by atoms with Gasteiger partial charge in [-0.3, -0.25) is 4.79 Å². The monoisotopic (exact) mass is 354 g/mol. The van der Waals surface area contributed by atoms with E-state index in [1.54, 1.807) is 6.26 Å². The van der Waals surface area contributed by atoms with E-state index in [0.717, 1.165) is 23.0 Å². The number of carbonyl (C=O) groups is 1. The number of anilines is 1. The van der Waals surface area contributed by atoms with Gasteiger partial charge < -0.3 is 9.32 Å². The standard InChI is InChI=1S/C23H18N2O2/c1-15-13-16-7-2-5-10-21(16)25(15)23(26)18-14-20(22-11-6-12-27-22)24-19-9-4-3-8-17(18)19/h2-12,14-15H,13H2,1H3. The van der Waals surface area contributed by atoms with Crippen molar-refractivity contribution in [3.05, 3.63) is 84.1 Å². The molecule has 0 spiro atoms. The number of aromatic nitrogens is 1. The van der Waals surface area contributed by atoms with Crippen molar-refractivity contribution in [3.63, 3.8) is 0 Å². The van der Waals surface area contributed by atoms with Crippen molar-refractivity contribution < 1.29 is 9.21 Å². The van der Waals surface area contributed by atoms with Crippen LogP contribution in [0.3, 0.4) is 0 Å². The Morgan fingerprint density at radius 2 is 1.89 bits per heavy atom. The van der Waals surface area contributed by atoms with E-state index in [9.17, 15) is 4.79 Å². The number of carbonyl (C=O) groups excluding carboxylic acids is 1. The first kappa shape index (κ1) is 15.8. The second-order valence-corrected chi connectivity index (χ2v) is 6.91. The molecule has 1 aliphatic heterocycles. The van der Waals surface area contributed by atoms with Crippen LogP contribution in [0.15, 0.2) is 77.4 Å². The van der Waals surface area contributed by atoms with Gasteiger partial charge in [0.25, 0.3) is 5.91 Å². The van der Waals surface area contributed by atoms with Crippen LogP contribution < -0.4 is 4.90 Å². The van der Waals surface area contributed by atoms with Crippen molar-refractivity contribution >= 4 is 22.5 Å². The highest BCUT2D eigenvalue weighted by Crippen LogP contribution is 2.35. The van der Waals surface area contributed by atoms with Crippen molar-refractivity contribution in [2.24, 2.45) is 0 Å². The van der Waals surface area contributed by atoms with Gasteiger partial charge in [0, 0.05) is 17.1 Å². The number of hydrogen-bond donors (Lipinski definition) is 0. The number of furan rings is 1. The molecule has 0 saturated heterocycles. The molecule has 4 aromatic rings. The van der Waals surface area contributed by atoms with E-state index in [-0.39, 0.29) is 11.9 Å². The largest absolute Gasteiger partial charge is 0.463 e. The zero-order valence-electron chi connectivity index (χ0n) is 14.9. The smallest absolute Gasteiger partial charge is 0.259 e. The van der Waals surface area contributed by atoms with Crippen LogP contribution in [0.1, 0.15) is 22.8 Å². The molecular weight excluding hydrogens is 336 g/mol. The Labute approximate surface area is 157 Å². The molecule has 4 nitrogen and oxygen atoms in total. The lowest BCUT2D eigenvalue weighted by atomic mass is 10.0. The highest BCUT2D eigenvalue weighted by Gasteiger charge is 2.32. The molecule has 1 amide bonds. The van der Waals surface area contributed by atoms with E-state index < -0.39 is 0 Å². The third-order valence-electron chi connectivity index (χ3n) is 5.15. The van der Waals surface area contributed by atoms with Crippen LogP contribution >= 0.6 is 0 Å². The summed E-state index contributed by atoms with van der Waals surface area (Å²) in [5.41, 5.74) is 4.31. The maximum Gasteiger partial charge on any atom is 0.259 e. The first-order chi connectivity index (χ1) is 13.2. The maximum atomic E-state index is 13.6. The maximum absolute atomic E-state index is 13.6. The minimum absolute atomic E-state index is 0.00106. The predicted molar refractivity (Wildman–Crippen MR) is 106 cm³/mol. The van der Waals surface area contributed by atoms with Gasteiger partial charge in [0.15, 0.2) is 5.76 Å². The Bertz CT molecular complexity index is 1150. The van der Waals surface area contributed by atoms with Crippen LogP contribution in [0, 0.1) is 0 Å². The molecule has 2 aromatic heterocycles. The first-order valence-corrected chi connectivity index (χ1v) is 9.07. The lowest BCUT2D eigenvalue weighted by molar-refractivity contribution is 0.0983. The highest BCUT2D eigenvalue weighted by atomic mass is 16.3. The van der Waals surface area contributed by atoms with Crippen LogP contribution in [-0.2, 0) is 6.42 Å². The molecule has 0 saturated carbocycles. The van der Waals surface area contributed by atoms with Crippen molar-refractivity contribution in [3.8, 4) is 11.5 Å². The number of nitrogens with zero attached hydrogens (tertiary/aromatic N) is 2. The van der Waals surface area contributed by atoms with Crippen LogP contribution in [-0.4, -0.2) is 16.9 Å². The summed E-state index contributed by atoms with van der Waals surface area (Å²) in [6.07, 6.45) is 2.49. The molecule has 1 aliphatic rings. The van der Waals surface area contributed by atoms with Crippen LogP contribution in [0.25, 0.3) is 22.4 Å². The van der Waals surface area contributed by atoms with Crippen LogP contribution in [0.2, 0.25) is 0 Å². The summed E-state index contributed by atoms with van der Waals surface area (Å²) in [6, 6.07) is 21.5.